The standard InChI is InChI=1S/C11H16ClN3O2/c1-3-17-11(16)5-4-6-13-10-7-9(12)14-8(2)15-10/h7H,3-6H2,1-2H3,(H,13,14,15). The van der Waals surface area contributed by atoms with Gasteiger partial charge in [-0.15, -0.1) is 0 Å². The van der Waals surface area contributed by atoms with E-state index < -0.39 is 0 Å². The van der Waals surface area contributed by atoms with E-state index in [-0.39, 0.29) is 5.97 Å². The molecule has 1 aromatic rings. The van der Waals surface area contributed by atoms with Crippen molar-refractivity contribution in [2.45, 2.75) is 26.7 Å². The molecule has 5 nitrogen and oxygen atoms in total. The van der Waals surface area contributed by atoms with Crippen LogP contribution in [0, 0.1) is 6.92 Å². The Bertz CT molecular complexity index is 365. The van der Waals surface area contributed by atoms with Crippen molar-refractivity contribution < 1.29 is 9.53 Å². The number of halogens is 1. The van der Waals surface area contributed by atoms with Gasteiger partial charge < -0.3 is 10.1 Å². The van der Waals surface area contributed by atoms with Gasteiger partial charge in [0, 0.05) is 19.0 Å². The number of ether oxygens (including phenoxy) is 1. The molecule has 0 fully saturated rings. The fourth-order valence-corrected chi connectivity index (χ4v) is 1.53. The lowest BCUT2D eigenvalue weighted by Gasteiger charge is -2.06. The van der Waals surface area contributed by atoms with Crippen molar-refractivity contribution in [3.8, 4) is 0 Å². The summed E-state index contributed by atoms with van der Waals surface area (Å²) in [5.74, 6) is 1.11. The van der Waals surface area contributed by atoms with Crippen LogP contribution in [-0.2, 0) is 9.53 Å². The topological polar surface area (TPSA) is 64.1 Å². The summed E-state index contributed by atoms with van der Waals surface area (Å²) in [4.78, 5) is 19.2. The lowest BCUT2D eigenvalue weighted by atomic mass is 10.3. The third-order valence-corrected chi connectivity index (χ3v) is 2.17. The quantitative estimate of drug-likeness (QED) is 0.481. The fourth-order valence-electron chi connectivity index (χ4n) is 1.30. The van der Waals surface area contributed by atoms with Gasteiger partial charge in [0.1, 0.15) is 16.8 Å². The molecule has 0 bridgehead atoms. The van der Waals surface area contributed by atoms with Gasteiger partial charge in [0.05, 0.1) is 6.61 Å². The summed E-state index contributed by atoms with van der Waals surface area (Å²) in [6.45, 7) is 4.63. The molecule has 1 rings (SSSR count). The molecular weight excluding hydrogens is 242 g/mol. The number of hydrogen-bond donors (Lipinski definition) is 1. The van der Waals surface area contributed by atoms with Crippen LogP contribution in [0.5, 0.6) is 0 Å². The molecule has 1 heterocycles. The zero-order valence-corrected chi connectivity index (χ0v) is 10.8. The summed E-state index contributed by atoms with van der Waals surface area (Å²) in [6.07, 6.45) is 1.10. The molecule has 0 radical (unpaired) electrons. The Morgan fingerprint density at radius 1 is 1.53 bits per heavy atom. The first-order valence-electron chi connectivity index (χ1n) is 5.52. The number of esters is 1. The highest BCUT2D eigenvalue weighted by atomic mass is 35.5. The summed E-state index contributed by atoms with van der Waals surface area (Å²) < 4.78 is 4.82. The second-order valence-electron chi connectivity index (χ2n) is 3.46. The predicted octanol–water partition coefficient (Wildman–Crippen LogP) is 2.19. The second-order valence-corrected chi connectivity index (χ2v) is 3.85. The van der Waals surface area contributed by atoms with Gasteiger partial charge in [-0.1, -0.05) is 11.6 Å². The predicted molar refractivity (Wildman–Crippen MR) is 66.1 cm³/mol. The lowest BCUT2D eigenvalue weighted by molar-refractivity contribution is -0.143. The molecule has 17 heavy (non-hydrogen) atoms. The Morgan fingerprint density at radius 3 is 2.94 bits per heavy atom. The van der Waals surface area contributed by atoms with Crippen LogP contribution in [0.3, 0.4) is 0 Å². The summed E-state index contributed by atoms with van der Waals surface area (Å²) in [7, 11) is 0. The number of hydrogen-bond acceptors (Lipinski definition) is 5. The van der Waals surface area contributed by atoms with E-state index in [0.717, 1.165) is 0 Å². The molecule has 0 saturated heterocycles. The number of carbonyl (C=O) groups excluding carboxylic acids is 1. The van der Waals surface area contributed by atoms with Crippen LogP contribution in [0.1, 0.15) is 25.6 Å². The number of anilines is 1. The minimum absolute atomic E-state index is 0.175. The first-order chi connectivity index (χ1) is 8.11. The van der Waals surface area contributed by atoms with E-state index in [0.29, 0.717) is 42.8 Å². The third kappa shape index (κ3) is 5.49. The van der Waals surface area contributed by atoms with E-state index >= 15 is 0 Å². The zero-order chi connectivity index (χ0) is 12.7. The molecule has 1 aromatic heterocycles. The number of nitrogens with zero attached hydrogens (tertiary/aromatic N) is 2. The van der Waals surface area contributed by atoms with Gasteiger partial charge in [0.15, 0.2) is 0 Å². The van der Waals surface area contributed by atoms with Gasteiger partial charge in [0.25, 0.3) is 0 Å². The van der Waals surface area contributed by atoms with Gasteiger partial charge in [0.2, 0.25) is 0 Å². The van der Waals surface area contributed by atoms with Gasteiger partial charge >= 0.3 is 5.97 Å². The fraction of sp³-hybridized carbons (Fsp3) is 0.545. The van der Waals surface area contributed by atoms with Crippen LogP contribution in [0.15, 0.2) is 6.07 Å². The molecule has 0 spiro atoms. The van der Waals surface area contributed by atoms with Crippen molar-refractivity contribution in [1.82, 2.24) is 9.97 Å². The Labute approximate surface area is 106 Å². The minimum atomic E-state index is -0.175. The van der Waals surface area contributed by atoms with Crippen molar-refractivity contribution in [3.05, 3.63) is 17.0 Å². The van der Waals surface area contributed by atoms with Crippen LogP contribution >= 0.6 is 11.6 Å². The third-order valence-electron chi connectivity index (χ3n) is 1.98. The number of aryl methyl sites for hydroxylation is 1. The number of aromatic nitrogens is 2. The zero-order valence-electron chi connectivity index (χ0n) is 9.99. The maximum absolute atomic E-state index is 11.1. The molecule has 0 aliphatic carbocycles. The highest BCUT2D eigenvalue weighted by Crippen LogP contribution is 2.11. The largest absolute Gasteiger partial charge is 0.466 e. The molecule has 0 aliphatic heterocycles. The molecule has 0 saturated carbocycles. The van der Waals surface area contributed by atoms with Gasteiger partial charge in [-0.05, 0) is 20.3 Å². The number of carbonyl (C=O) groups is 1. The van der Waals surface area contributed by atoms with Gasteiger partial charge in [-0.25, -0.2) is 9.97 Å². The number of nitrogens with one attached hydrogen (secondary N) is 1. The first-order valence-corrected chi connectivity index (χ1v) is 5.90. The molecule has 0 unspecified atom stereocenters. The molecule has 0 amide bonds. The smallest absolute Gasteiger partial charge is 0.305 e. The SMILES string of the molecule is CCOC(=O)CCCNc1cc(Cl)nc(C)n1. The molecular formula is C11H16ClN3O2. The minimum Gasteiger partial charge on any atom is -0.466 e. The van der Waals surface area contributed by atoms with Gasteiger partial charge in [-0.3, -0.25) is 4.79 Å². The maximum Gasteiger partial charge on any atom is 0.305 e. The van der Waals surface area contributed by atoms with Crippen molar-refractivity contribution in [3.63, 3.8) is 0 Å². The van der Waals surface area contributed by atoms with E-state index in [1.165, 1.54) is 0 Å². The highest BCUT2D eigenvalue weighted by Gasteiger charge is 2.02. The highest BCUT2D eigenvalue weighted by molar-refractivity contribution is 6.29. The van der Waals surface area contributed by atoms with Crippen molar-refractivity contribution in [2.75, 3.05) is 18.5 Å². The normalized spacial score (nSPS) is 10.1. The van der Waals surface area contributed by atoms with E-state index in [4.69, 9.17) is 16.3 Å². The average molecular weight is 258 g/mol. The van der Waals surface area contributed by atoms with Crippen LogP contribution < -0.4 is 5.32 Å². The van der Waals surface area contributed by atoms with Crippen molar-refractivity contribution >= 4 is 23.4 Å². The van der Waals surface area contributed by atoms with Crippen molar-refractivity contribution in [2.24, 2.45) is 0 Å². The summed E-state index contributed by atoms with van der Waals surface area (Å²) >= 11 is 5.79. The summed E-state index contributed by atoms with van der Waals surface area (Å²) in [6, 6.07) is 1.65. The molecule has 0 aliphatic rings. The lowest BCUT2D eigenvalue weighted by Crippen LogP contribution is -2.09. The summed E-state index contributed by atoms with van der Waals surface area (Å²) in [5.41, 5.74) is 0. The van der Waals surface area contributed by atoms with Crippen LogP contribution in [0.4, 0.5) is 5.82 Å². The van der Waals surface area contributed by atoms with E-state index in [1.807, 2.05) is 0 Å². The maximum atomic E-state index is 11.1. The van der Waals surface area contributed by atoms with Crippen molar-refractivity contribution in [1.29, 1.82) is 0 Å². The molecule has 0 aromatic carbocycles. The number of rotatable bonds is 6. The van der Waals surface area contributed by atoms with E-state index in [1.54, 1.807) is 19.9 Å². The van der Waals surface area contributed by atoms with Crippen LogP contribution in [0.2, 0.25) is 5.15 Å². The average Bonchev–Trinajstić information content (AvgIpc) is 2.23. The summed E-state index contributed by atoms with van der Waals surface area (Å²) in [5, 5.41) is 3.49. The molecule has 6 heteroatoms. The molecule has 1 N–H and O–H groups in total. The van der Waals surface area contributed by atoms with Crippen LogP contribution in [-0.4, -0.2) is 29.1 Å². The molecule has 94 valence electrons. The Balaban J connectivity index is 2.28. The Kier molecular flexibility index (Phi) is 5.69. The van der Waals surface area contributed by atoms with E-state index in [9.17, 15) is 4.79 Å². The van der Waals surface area contributed by atoms with E-state index in [2.05, 4.69) is 15.3 Å². The van der Waals surface area contributed by atoms with Crippen LogP contribution in [0.25, 0.3) is 0 Å². The van der Waals surface area contributed by atoms with Gasteiger partial charge in [-0.2, -0.15) is 0 Å². The first kappa shape index (κ1) is 13.7. The second kappa shape index (κ2) is 7.06. The Hall–Kier alpha value is -1.36. The Morgan fingerprint density at radius 2 is 2.29 bits per heavy atom. The molecule has 0 atom stereocenters. The monoisotopic (exact) mass is 257 g/mol.